The Labute approximate surface area is 162 Å². The highest BCUT2D eigenvalue weighted by molar-refractivity contribution is 7.92. The Hall–Kier alpha value is -1.69. The van der Waals surface area contributed by atoms with Gasteiger partial charge in [0.1, 0.15) is 5.37 Å². The molecule has 2 heterocycles. The molecule has 2 aliphatic heterocycles. The summed E-state index contributed by atoms with van der Waals surface area (Å²) in [7, 11) is -3.43. The zero-order valence-corrected chi connectivity index (χ0v) is 16.7. The van der Waals surface area contributed by atoms with Crippen LogP contribution in [0, 0.1) is 12.8 Å². The van der Waals surface area contributed by atoms with E-state index in [4.69, 9.17) is 0 Å². The molecule has 0 radical (unpaired) electrons. The van der Waals surface area contributed by atoms with Crippen LogP contribution in [0.3, 0.4) is 0 Å². The summed E-state index contributed by atoms with van der Waals surface area (Å²) in [4.78, 5) is 2.68. The van der Waals surface area contributed by atoms with Gasteiger partial charge >= 0.3 is 0 Å². The average Bonchev–Trinajstić information content (AvgIpc) is 2.69. The summed E-state index contributed by atoms with van der Waals surface area (Å²) in [5, 5.41) is 2.93. The number of hydrogen-bond donors (Lipinski definition) is 1. The number of hydrogen-bond acceptors (Lipinski definition) is 4. The van der Waals surface area contributed by atoms with Gasteiger partial charge in [0.15, 0.2) is 9.84 Å². The van der Waals surface area contributed by atoms with Crippen LogP contribution in [0.15, 0.2) is 53.4 Å². The second kappa shape index (κ2) is 7.74. The Balaban J connectivity index is 1.71. The lowest BCUT2D eigenvalue weighted by atomic mass is 9.94. The molecule has 0 saturated carbocycles. The summed E-state index contributed by atoms with van der Waals surface area (Å²) < 4.78 is 27.5. The van der Waals surface area contributed by atoms with E-state index in [1.165, 1.54) is 11.1 Å². The van der Waals surface area contributed by atoms with Crippen LogP contribution in [-0.4, -0.2) is 38.3 Å². The summed E-state index contributed by atoms with van der Waals surface area (Å²) in [6, 6.07) is 15.8. The molecule has 5 heteroatoms. The van der Waals surface area contributed by atoms with E-state index >= 15 is 0 Å². The maximum Gasteiger partial charge on any atom is 0.194 e. The number of piperidine rings is 1. The van der Waals surface area contributed by atoms with Crippen molar-refractivity contribution in [3.8, 4) is 0 Å². The van der Waals surface area contributed by atoms with E-state index in [-0.39, 0.29) is 5.92 Å². The molecular weight excluding hydrogens is 356 g/mol. The van der Waals surface area contributed by atoms with Gasteiger partial charge in [-0.2, -0.15) is 0 Å². The number of nitrogens with one attached hydrogen (secondary N) is 1. The van der Waals surface area contributed by atoms with Crippen molar-refractivity contribution in [3.63, 3.8) is 0 Å². The van der Waals surface area contributed by atoms with Crippen molar-refractivity contribution in [2.75, 3.05) is 19.6 Å². The highest BCUT2D eigenvalue weighted by atomic mass is 32.2. The third-order valence-corrected chi connectivity index (χ3v) is 8.17. The fourth-order valence-corrected chi connectivity index (χ4v) is 6.79. The summed E-state index contributed by atoms with van der Waals surface area (Å²) in [5.41, 5.74) is 3.61. The molecule has 1 unspecified atom stereocenters. The quantitative estimate of drug-likeness (QED) is 0.880. The Kier molecular flexibility index (Phi) is 5.35. The fraction of sp³-hybridized carbons (Fsp3) is 0.455. The number of rotatable bonds is 4. The lowest BCUT2D eigenvalue weighted by Crippen LogP contribution is -2.50. The van der Waals surface area contributed by atoms with E-state index in [0.29, 0.717) is 4.90 Å². The minimum atomic E-state index is -3.43. The van der Waals surface area contributed by atoms with Crippen LogP contribution in [0.4, 0.5) is 0 Å². The SMILES string of the molecule is Cc1cccc(S(=O)(=O)C(C2CCNCC2)N2CCc3ccccc3C2)c1. The van der Waals surface area contributed by atoms with Gasteiger partial charge in [0, 0.05) is 13.1 Å². The van der Waals surface area contributed by atoms with Gasteiger partial charge in [-0.3, -0.25) is 4.90 Å². The van der Waals surface area contributed by atoms with Crippen LogP contribution in [0.25, 0.3) is 0 Å². The lowest BCUT2D eigenvalue weighted by molar-refractivity contribution is 0.159. The molecule has 2 aromatic rings. The molecule has 1 atom stereocenters. The molecule has 4 rings (SSSR count). The predicted octanol–water partition coefficient (Wildman–Crippen LogP) is 3.15. The first kappa shape index (κ1) is 18.7. The van der Waals surface area contributed by atoms with Crippen LogP contribution in [0.2, 0.25) is 0 Å². The fourth-order valence-electron chi connectivity index (χ4n) is 4.54. The van der Waals surface area contributed by atoms with Gasteiger partial charge in [0.2, 0.25) is 0 Å². The van der Waals surface area contributed by atoms with E-state index in [2.05, 4.69) is 34.5 Å². The van der Waals surface area contributed by atoms with Crippen molar-refractivity contribution in [2.24, 2.45) is 5.92 Å². The first-order valence-electron chi connectivity index (χ1n) is 9.88. The van der Waals surface area contributed by atoms with Crippen molar-refractivity contribution in [2.45, 2.75) is 43.0 Å². The summed E-state index contributed by atoms with van der Waals surface area (Å²) >= 11 is 0. The Morgan fingerprint density at radius 3 is 2.52 bits per heavy atom. The summed E-state index contributed by atoms with van der Waals surface area (Å²) in [6.45, 7) is 5.27. The van der Waals surface area contributed by atoms with E-state index in [1.54, 1.807) is 6.07 Å². The second-order valence-corrected chi connectivity index (χ2v) is 9.87. The van der Waals surface area contributed by atoms with Crippen molar-refractivity contribution in [3.05, 3.63) is 65.2 Å². The molecule has 27 heavy (non-hydrogen) atoms. The van der Waals surface area contributed by atoms with E-state index in [9.17, 15) is 8.42 Å². The third-order valence-electron chi connectivity index (χ3n) is 5.94. The Morgan fingerprint density at radius 2 is 1.78 bits per heavy atom. The Bertz CT molecular complexity index is 904. The molecule has 2 aromatic carbocycles. The zero-order chi connectivity index (χ0) is 18.9. The van der Waals surface area contributed by atoms with Crippen molar-refractivity contribution in [1.29, 1.82) is 0 Å². The second-order valence-electron chi connectivity index (χ2n) is 7.83. The van der Waals surface area contributed by atoms with Crippen LogP contribution in [-0.2, 0) is 22.8 Å². The molecule has 1 fully saturated rings. The molecule has 2 aliphatic rings. The van der Waals surface area contributed by atoms with Crippen molar-refractivity contribution >= 4 is 9.84 Å². The van der Waals surface area contributed by atoms with Gasteiger partial charge in [-0.1, -0.05) is 36.4 Å². The molecule has 4 nitrogen and oxygen atoms in total. The van der Waals surface area contributed by atoms with Gasteiger partial charge in [-0.25, -0.2) is 8.42 Å². The highest BCUT2D eigenvalue weighted by Gasteiger charge is 2.40. The first-order chi connectivity index (χ1) is 13.1. The molecule has 0 spiro atoms. The predicted molar refractivity (Wildman–Crippen MR) is 108 cm³/mol. The normalized spacial score (nSPS) is 20.2. The molecule has 1 N–H and O–H groups in total. The average molecular weight is 385 g/mol. The van der Waals surface area contributed by atoms with Gasteiger partial charge in [0.05, 0.1) is 4.90 Å². The van der Waals surface area contributed by atoms with E-state index < -0.39 is 15.2 Å². The monoisotopic (exact) mass is 384 g/mol. The van der Waals surface area contributed by atoms with Crippen LogP contribution in [0.5, 0.6) is 0 Å². The minimum absolute atomic E-state index is 0.169. The highest BCUT2D eigenvalue weighted by Crippen LogP contribution is 2.33. The topological polar surface area (TPSA) is 49.4 Å². The van der Waals surface area contributed by atoms with Gasteiger partial charge in [-0.05, 0) is 74.0 Å². The number of benzene rings is 2. The summed E-state index contributed by atoms with van der Waals surface area (Å²) in [6.07, 6.45) is 2.74. The van der Waals surface area contributed by atoms with Gasteiger partial charge in [-0.15, -0.1) is 0 Å². The molecule has 0 aromatic heterocycles. The number of aryl methyl sites for hydroxylation is 1. The molecule has 0 aliphatic carbocycles. The molecule has 0 amide bonds. The van der Waals surface area contributed by atoms with Crippen LogP contribution in [0.1, 0.15) is 29.5 Å². The molecular formula is C22H28N2O2S. The van der Waals surface area contributed by atoms with Crippen molar-refractivity contribution in [1.82, 2.24) is 10.2 Å². The van der Waals surface area contributed by atoms with Gasteiger partial charge < -0.3 is 5.32 Å². The van der Waals surface area contributed by atoms with E-state index in [1.807, 2.05) is 25.1 Å². The van der Waals surface area contributed by atoms with Crippen LogP contribution >= 0.6 is 0 Å². The maximum absolute atomic E-state index is 13.7. The van der Waals surface area contributed by atoms with Crippen LogP contribution < -0.4 is 5.32 Å². The van der Waals surface area contributed by atoms with E-state index in [0.717, 1.165) is 51.0 Å². The smallest absolute Gasteiger partial charge is 0.194 e. The van der Waals surface area contributed by atoms with Crippen molar-refractivity contribution < 1.29 is 8.42 Å². The third kappa shape index (κ3) is 3.82. The number of sulfone groups is 1. The number of fused-ring (bicyclic) bond motifs is 1. The lowest BCUT2D eigenvalue weighted by Gasteiger charge is -2.40. The summed E-state index contributed by atoms with van der Waals surface area (Å²) in [5.74, 6) is 0.169. The van der Waals surface area contributed by atoms with Gasteiger partial charge in [0.25, 0.3) is 0 Å². The minimum Gasteiger partial charge on any atom is -0.317 e. The molecule has 0 bridgehead atoms. The maximum atomic E-state index is 13.7. The largest absolute Gasteiger partial charge is 0.317 e. The standard InChI is InChI=1S/C22H28N2O2S/c1-17-5-4-8-21(15-17)27(25,26)22(19-9-12-23-13-10-19)24-14-11-18-6-2-3-7-20(18)16-24/h2-8,15,19,22-23H,9-14,16H2,1H3. The first-order valence-corrected chi connectivity index (χ1v) is 11.4. The Morgan fingerprint density at radius 1 is 1.04 bits per heavy atom. The number of nitrogens with zero attached hydrogens (tertiary/aromatic N) is 1. The zero-order valence-electron chi connectivity index (χ0n) is 15.9. The molecule has 1 saturated heterocycles. The molecule has 144 valence electrons.